The molecule has 0 unspecified atom stereocenters. The molecule has 0 atom stereocenters. The van der Waals surface area contributed by atoms with Crippen molar-refractivity contribution in [3.8, 4) is 11.8 Å². The Balaban J connectivity index is 1.92. The Morgan fingerprint density at radius 3 is 2.75 bits per heavy atom. The van der Waals surface area contributed by atoms with E-state index in [1.807, 2.05) is 24.3 Å². The van der Waals surface area contributed by atoms with E-state index in [2.05, 4.69) is 22.1 Å². The van der Waals surface area contributed by atoms with Gasteiger partial charge in [0, 0.05) is 31.7 Å². The summed E-state index contributed by atoms with van der Waals surface area (Å²) in [5.41, 5.74) is 0.916. The summed E-state index contributed by atoms with van der Waals surface area (Å²) >= 11 is 6.02. The lowest BCUT2D eigenvalue weighted by Crippen LogP contribution is -2.43. The van der Waals surface area contributed by atoms with E-state index in [9.17, 15) is 0 Å². The normalized spacial score (nSPS) is 16.6. The number of hydrogen-bond donors (Lipinski definition) is 1. The fourth-order valence-corrected chi connectivity index (χ4v) is 1.86. The molecule has 0 aromatic heterocycles. The summed E-state index contributed by atoms with van der Waals surface area (Å²) in [6.45, 7) is 5.11. The number of nitrogens with one attached hydrogen (secondary N) is 1. The van der Waals surface area contributed by atoms with Gasteiger partial charge < -0.3 is 5.32 Å². The zero-order valence-corrected chi connectivity index (χ0v) is 9.93. The summed E-state index contributed by atoms with van der Waals surface area (Å²) in [5, 5.41) is 4.05. The van der Waals surface area contributed by atoms with Gasteiger partial charge in [0.25, 0.3) is 0 Å². The minimum Gasteiger partial charge on any atom is -0.314 e. The largest absolute Gasteiger partial charge is 0.314 e. The summed E-state index contributed by atoms with van der Waals surface area (Å²) in [7, 11) is 0. The molecule has 1 aliphatic rings. The summed E-state index contributed by atoms with van der Waals surface area (Å²) in [6.07, 6.45) is 0. The maximum absolute atomic E-state index is 6.02. The summed E-state index contributed by atoms with van der Waals surface area (Å²) < 4.78 is 0. The van der Waals surface area contributed by atoms with Crippen LogP contribution in [-0.4, -0.2) is 37.6 Å². The van der Waals surface area contributed by atoms with Crippen LogP contribution in [0, 0.1) is 11.8 Å². The highest BCUT2D eigenvalue weighted by Gasteiger charge is 2.06. The average molecular weight is 235 g/mol. The first-order valence-corrected chi connectivity index (χ1v) is 5.90. The lowest BCUT2D eigenvalue weighted by atomic mass is 10.2. The van der Waals surface area contributed by atoms with Crippen molar-refractivity contribution in [2.45, 2.75) is 0 Å². The molecule has 1 saturated heterocycles. The predicted molar refractivity (Wildman–Crippen MR) is 67.6 cm³/mol. The third kappa shape index (κ3) is 3.24. The monoisotopic (exact) mass is 234 g/mol. The van der Waals surface area contributed by atoms with Gasteiger partial charge in [-0.25, -0.2) is 0 Å². The van der Waals surface area contributed by atoms with Gasteiger partial charge in [0.05, 0.1) is 11.6 Å². The SMILES string of the molecule is Clc1ccccc1C#CCN1CCNCC1. The quantitative estimate of drug-likeness (QED) is 0.743. The van der Waals surface area contributed by atoms with Gasteiger partial charge in [0.15, 0.2) is 0 Å². The highest BCUT2D eigenvalue weighted by atomic mass is 35.5. The molecule has 0 saturated carbocycles. The molecule has 2 nitrogen and oxygen atoms in total. The Kier molecular flexibility index (Phi) is 4.24. The van der Waals surface area contributed by atoms with E-state index >= 15 is 0 Å². The standard InChI is InChI=1S/C13H15ClN2/c14-13-6-2-1-4-12(13)5-3-9-16-10-7-15-8-11-16/h1-2,4,6,15H,7-11H2. The van der Waals surface area contributed by atoms with Gasteiger partial charge in [-0.05, 0) is 12.1 Å². The van der Waals surface area contributed by atoms with E-state index in [1.165, 1.54) is 0 Å². The molecular weight excluding hydrogens is 220 g/mol. The first kappa shape index (κ1) is 11.5. The number of piperazine rings is 1. The van der Waals surface area contributed by atoms with Gasteiger partial charge in [-0.1, -0.05) is 35.6 Å². The predicted octanol–water partition coefficient (Wildman–Crippen LogP) is 1.60. The van der Waals surface area contributed by atoms with E-state index in [0.29, 0.717) is 0 Å². The molecule has 0 amide bonds. The second-order valence-electron chi connectivity index (χ2n) is 3.81. The van der Waals surface area contributed by atoms with Crippen molar-refractivity contribution in [2.24, 2.45) is 0 Å². The maximum Gasteiger partial charge on any atom is 0.0606 e. The van der Waals surface area contributed by atoms with Gasteiger partial charge in [0.1, 0.15) is 0 Å². The molecule has 2 rings (SSSR count). The zero-order valence-electron chi connectivity index (χ0n) is 9.17. The van der Waals surface area contributed by atoms with E-state index < -0.39 is 0 Å². The molecule has 1 aromatic rings. The third-order valence-electron chi connectivity index (χ3n) is 2.61. The molecule has 1 aliphatic heterocycles. The molecule has 0 aliphatic carbocycles. The molecule has 0 bridgehead atoms. The summed E-state index contributed by atoms with van der Waals surface area (Å²) in [5.74, 6) is 6.29. The van der Waals surface area contributed by atoms with Crippen molar-refractivity contribution in [1.29, 1.82) is 0 Å². The van der Waals surface area contributed by atoms with E-state index in [4.69, 9.17) is 11.6 Å². The first-order valence-electron chi connectivity index (χ1n) is 5.53. The van der Waals surface area contributed by atoms with Gasteiger partial charge in [0.2, 0.25) is 0 Å². The van der Waals surface area contributed by atoms with E-state index in [0.717, 1.165) is 43.3 Å². The van der Waals surface area contributed by atoms with Crippen LogP contribution in [0.15, 0.2) is 24.3 Å². The first-order chi connectivity index (χ1) is 7.86. The molecule has 0 radical (unpaired) electrons. The van der Waals surface area contributed by atoms with Crippen molar-refractivity contribution in [2.75, 3.05) is 32.7 Å². The number of halogens is 1. The molecule has 16 heavy (non-hydrogen) atoms. The second kappa shape index (κ2) is 5.91. The van der Waals surface area contributed by atoms with Crippen molar-refractivity contribution < 1.29 is 0 Å². The van der Waals surface area contributed by atoms with Gasteiger partial charge in [-0.15, -0.1) is 0 Å². The van der Waals surface area contributed by atoms with Crippen LogP contribution < -0.4 is 5.32 Å². The van der Waals surface area contributed by atoms with Gasteiger partial charge >= 0.3 is 0 Å². The fourth-order valence-electron chi connectivity index (χ4n) is 1.68. The molecule has 1 fully saturated rings. The van der Waals surface area contributed by atoms with Crippen LogP contribution in [0.4, 0.5) is 0 Å². The van der Waals surface area contributed by atoms with Gasteiger partial charge in [-0.3, -0.25) is 4.90 Å². The minimum absolute atomic E-state index is 0.732. The highest BCUT2D eigenvalue weighted by molar-refractivity contribution is 6.31. The summed E-state index contributed by atoms with van der Waals surface area (Å²) in [4.78, 5) is 2.35. The summed E-state index contributed by atoms with van der Waals surface area (Å²) in [6, 6.07) is 7.70. The Bertz CT molecular complexity index is 400. The van der Waals surface area contributed by atoms with Crippen molar-refractivity contribution in [3.63, 3.8) is 0 Å². The van der Waals surface area contributed by atoms with Crippen LogP contribution in [0.5, 0.6) is 0 Å². The number of nitrogens with zero attached hydrogens (tertiary/aromatic N) is 1. The highest BCUT2D eigenvalue weighted by Crippen LogP contribution is 2.12. The van der Waals surface area contributed by atoms with Gasteiger partial charge in [-0.2, -0.15) is 0 Å². The van der Waals surface area contributed by atoms with Crippen molar-refractivity contribution in [1.82, 2.24) is 10.2 Å². The molecule has 0 spiro atoms. The van der Waals surface area contributed by atoms with Crippen LogP contribution >= 0.6 is 11.6 Å². The van der Waals surface area contributed by atoms with Crippen LogP contribution in [0.25, 0.3) is 0 Å². The van der Waals surface area contributed by atoms with Crippen molar-refractivity contribution >= 4 is 11.6 Å². The topological polar surface area (TPSA) is 15.3 Å². The minimum atomic E-state index is 0.732. The fraction of sp³-hybridized carbons (Fsp3) is 0.385. The van der Waals surface area contributed by atoms with Crippen LogP contribution in [0.1, 0.15) is 5.56 Å². The van der Waals surface area contributed by atoms with E-state index in [-0.39, 0.29) is 0 Å². The zero-order chi connectivity index (χ0) is 11.2. The maximum atomic E-state index is 6.02. The molecule has 3 heteroatoms. The smallest absolute Gasteiger partial charge is 0.0606 e. The molecule has 84 valence electrons. The Morgan fingerprint density at radius 1 is 1.25 bits per heavy atom. The lowest BCUT2D eigenvalue weighted by molar-refractivity contribution is 0.268. The van der Waals surface area contributed by atoms with Crippen LogP contribution in [0.2, 0.25) is 5.02 Å². The Hall–Kier alpha value is -1.01. The van der Waals surface area contributed by atoms with Crippen LogP contribution in [-0.2, 0) is 0 Å². The lowest BCUT2D eigenvalue weighted by Gasteiger charge is -2.24. The number of benzene rings is 1. The number of rotatable bonds is 1. The van der Waals surface area contributed by atoms with Crippen molar-refractivity contribution in [3.05, 3.63) is 34.9 Å². The Labute approximate surface area is 102 Å². The number of hydrogen-bond acceptors (Lipinski definition) is 2. The molecule has 1 heterocycles. The third-order valence-corrected chi connectivity index (χ3v) is 2.94. The molecule has 1 N–H and O–H groups in total. The van der Waals surface area contributed by atoms with Crippen LogP contribution in [0.3, 0.4) is 0 Å². The van der Waals surface area contributed by atoms with E-state index in [1.54, 1.807) is 0 Å². The second-order valence-corrected chi connectivity index (χ2v) is 4.21. The average Bonchev–Trinajstić information content (AvgIpc) is 2.33. The molecule has 1 aromatic carbocycles. The molecular formula is C13H15ClN2. The Morgan fingerprint density at radius 2 is 2.00 bits per heavy atom.